The van der Waals surface area contributed by atoms with Crippen LogP contribution in [-0.2, 0) is 0 Å². The predicted octanol–water partition coefficient (Wildman–Crippen LogP) is 3.31. The van der Waals surface area contributed by atoms with Crippen molar-refractivity contribution in [3.8, 4) is 11.1 Å². The molecule has 0 aliphatic heterocycles. The Labute approximate surface area is 94.2 Å². The Hall–Kier alpha value is -2.09. The summed E-state index contributed by atoms with van der Waals surface area (Å²) in [7, 11) is 0. The number of pyridine rings is 1. The van der Waals surface area contributed by atoms with Crippen LogP contribution in [0.4, 0.5) is 0 Å². The van der Waals surface area contributed by atoms with Gasteiger partial charge in [0.2, 0.25) is 0 Å². The van der Waals surface area contributed by atoms with Crippen LogP contribution in [0, 0.1) is 6.92 Å². The minimum absolute atomic E-state index is 1.14. The Balaban J connectivity index is 2.28. The Morgan fingerprint density at radius 3 is 2.62 bits per heavy atom. The van der Waals surface area contributed by atoms with Crippen LogP contribution in [-0.4, -0.2) is 9.38 Å². The molecular formula is C14H12N2. The van der Waals surface area contributed by atoms with Gasteiger partial charge in [-0.2, -0.15) is 0 Å². The highest BCUT2D eigenvalue weighted by atomic mass is 15.0. The van der Waals surface area contributed by atoms with E-state index in [4.69, 9.17) is 0 Å². The summed E-state index contributed by atoms with van der Waals surface area (Å²) in [6, 6.07) is 14.7. The first-order valence-electron chi connectivity index (χ1n) is 5.33. The Bertz CT molecular complexity index is 624. The van der Waals surface area contributed by atoms with Crippen LogP contribution in [0.2, 0.25) is 0 Å². The van der Waals surface area contributed by atoms with Gasteiger partial charge in [-0.15, -0.1) is 0 Å². The van der Waals surface area contributed by atoms with Gasteiger partial charge in [-0.1, -0.05) is 36.4 Å². The zero-order valence-corrected chi connectivity index (χ0v) is 9.09. The quantitative estimate of drug-likeness (QED) is 0.599. The molecule has 0 amide bonds. The van der Waals surface area contributed by atoms with Gasteiger partial charge in [-0.05, 0) is 18.6 Å². The molecule has 0 N–H and O–H groups in total. The number of imidazole rings is 1. The standard InChI is InChI=1S/C14H12N2/c1-11-14(12-5-3-2-4-6-12)8-7-13-9-15-10-16(11)13/h2-10H,1H3. The van der Waals surface area contributed by atoms with E-state index in [0.717, 1.165) is 5.52 Å². The van der Waals surface area contributed by atoms with Crippen LogP contribution >= 0.6 is 0 Å². The van der Waals surface area contributed by atoms with Gasteiger partial charge in [0.1, 0.15) is 0 Å². The normalized spacial score (nSPS) is 10.8. The molecular weight excluding hydrogens is 196 g/mol. The Morgan fingerprint density at radius 2 is 1.81 bits per heavy atom. The van der Waals surface area contributed by atoms with Crippen molar-refractivity contribution >= 4 is 5.52 Å². The van der Waals surface area contributed by atoms with Crippen molar-refractivity contribution in [1.82, 2.24) is 9.38 Å². The van der Waals surface area contributed by atoms with Gasteiger partial charge in [0.05, 0.1) is 18.0 Å². The number of nitrogens with zero attached hydrogens (tertiary/aromatic N) is 2. The topological polar surface area (TPSA) is 17.3 Å². The van der Waals surface area contributed by atoms with Gasteiger partial charge in [0.15, 0.2) is 0 Å². The first kappa shape index (κ1) is 9.16. The molecule has 0 radical (unpaired) electrons. The van der Waals surface area contributed by atoms with Gasteiger partial charge in [0.25, 0.3) is 0 Å². The highest BCUT2D eigenvalue weighted by Crippen LogP contribution is 2.23. The number of benzene rings is 1. The second-order valence-electron chi connectivity index (χ2n) is 3.89. The first-order chi connectivity index (χ1) is 7.86. The maximum absolute atomic E-state index is 4.16. The minimum Gasteiger partial charge on any atom is -0.303 e. The summed E-state index contributed by atoms with van der Waals surface area (Å²) >= 11 is 0. The minimum atomic E-state index is 1.14. The van der Waals surface area contributed by atoms with Gasteiger partial charge in [-0.25, -0.2) is 4.98 Å². The summed E-state index contributed by atoms with van der Waals surface area (Å²) < 4.78 is 2.11. The smallest absolute Gasteiger partial charge is 0.0994 e. The van der Waals surface area contributed by atoms with Crippen molar-refractivity contribution < 1.29 is 0 Å². The summed E-state index contributed by atoms with van der Waals surface area (Å²) in [4.78, 5) is 4.16. The van der Waals surface area contributed by atoms with E-state index < -0.39 is 0 Å². The predicted molar refractivity (Wildman–Crippen MR) is 65.4 cm³/mol. The Kier molecular flexibility index (Phi) is 2.00. The lowest BCUT2D eigenvalue weighted by Gasteiger charge is -2.08. The molecule has 0 saturated heterocycles. The molecule has 0 aliphatic rings. The molecule has 2 heteroatoms. The molecule has 0 spiro atoms. The van der Waals surface area contributed by atoms with Crippen molar-refractivity contribution in [2.24, 2.45) is 0 Å². The SMILES string of the molecule is Cc1c(-c2ccccc2)ccc2cncn12. The second kappa shape index (κ2) is 3.49. The molecule has 78 valence electrons. The van der Waals surface area contributed by atoms with Crippen molar-refractivity contribution in [2.75, 3.05) is 0 Å². The average Bonchev–Trinajstić information content (AvgIpc) is 2.80. The molecule has 0 fully saturated rings. The van der Waals surface area contributed by atoms with Crippen LogP contribution in [0.1, 0.15) is 5.69 Å². The number of rotatable bonds is 1. The Morgan fingerprint density at radius 1 is 1.00 bits per heavy atom. The van der Waals surface area contributed by atoms with Gasteiger partial charge < -0.3 is 4.40 Å². The highest BCUT2D eigenvalue weighted by molar-refractivity contribution is 5.68. The number of fused-ring (bicyclic) bond motifs is 1. The molecule has 0 saturated carbocycles. The first-order valence-corrected chi connectivity index (χ1v) is 5.33. The van der Waals surface area contributed by atoms with Crippen LogP contribution in [0.3, 0.4) is 0 Å². The van der Waals surface area contributed by atoms with Gasteiger partial charge >= 0.3 is 0 Å². The van der Waals surface area contributed by atoms with Crippen molar-refractivity contribution in [3.63, 3.8) is 0 Å². The maximum Gasteiger partial charge on any atom is 0.0994 e. The molecule has 2 heterocycles. The van der Waals surface area contributed by atoms with E-state index >= 15 is 0 Å². The number of aryl methyl sites for hydroxylation is 1. The summed E-state index contributed by atoms with van der Waals surface area (Å²) in [6.45, 7) is 2.12. The molecule has 16 heavy (non-hydrogen) atoms. The summed E-state index contributed by atoms with van der Waals surface area (Å²) in [5.74, 6) is 0. The van der Waals surface area contributed by atoms with Crippen LogP contribution in [0.15, 0.2) is 55.0 Å². The third-order valence-electron chi connectivity index (χ3n) is 2.92. The van der Waals surface area contributed by atoms with E-state index in [-0.39, 0.29) is 0 Å². The highest BCUT2D eigenvalue weighted by Gasteiger charge is 2.04. The van der Waals surface area contributed by atoms with Gasteiger partial charge in [-0.3, -0.25) is 0 Å². The molecule has 3 aromatic rings. The van der Waals surface area contributed by atoms with E-state index in [1.54, 1.807) is 0 Å². The van der Waals surface area contributed by atoms with Crippen molar-refractivity contribution in [1.29, 1.82) is 0 Å². The fourth-order valence-electron chi connectivity index (χ4n) is 2.05. The summed E-state index contributed by atoms with van der Waals surface area (Å²) in [5, 5.41) is 0. The fraction of sp³-hybridized carbons (Fsp3) is 0.0714. The number of hydrogen-bond acceptors (Lipinski definition) is 1. The van der Waals surface area contributed by atoms with E-state index in [1.807, 2.05) is 18.6 Å². The average molecular weight is 208 g/mol. The third kappa shape index (κ3) is 1.31. The molecule has 0 bridgehead atoms. The molecule has 2 aromatic heterocycles. The molecule has 1 aromatic carbocycles. The maximum atomic E-state index is 4.16. The van der Waals surface area contributed by atoms with Crippen LogP contribution in [0.5, 0.6) is 0 Å². The van der Waals surface area contributed by atoms with Crippen molar-refractivity contribution in [2.45, 2.75) is 6.92 Å². The fourth-order valence-corrected chi connectivity index (χ4v) is 2.05. The van der Waals surface area contributed by atoms with Crippen LogP contribution < -0.4 is 0 Å². The lowest BCUT2D eigenvalue weighted by Crippen LogP contribution is -1.92. The summed E-state index contributed by atoms with van der Waals surface area (Å²) in [6.07, 6.45) is 3.74. The van der Waals surface area contributed by atoms with E-state index in [9.17, 15) is 0 Å². The van der Waals surface area contributed by atoms with E-state index in [0.29, 0.717) is 0 Å². The number of aromatic nitrogens is 2. The van der Waals surface area contributed by atoms with E-state index in [2.05, 4.69) is 52.7 Å². The molecule has 0 atom stereocenters. The van der Waals surface area contributed by atoms with Crippen molar-refractivity contribution in [3.05, 3.63) is 60.7 Å². The summed E-state index contributed by atoms with van der Waals surface area (Å²) in [5.41, 5.74) is 4.86. The zero-order chi connectivity index (χ0) is 11.0. The zero-order valence-electron chi connectivity index (χ0n) is 9.09. The lowest BCUT2D eigenvalue weighted by molar-refractivity contribution is 1.08. The molecule has 0 aliphatic carbocycles. The third-order valence-corrected chi connectivity index (χ3v) is 2.92. The largest absolute Gasteiger partial charge is 0.303 e. The number of hydrogen-bond donors (Lipinski definition) is 0. The molecule has 0 unspecified atom stereocenters. The van der Waals surface area contributed by atoms with Crippen LogP contribution in [0.25, 0.3) is 16.6 Å². The second-order valence-corrected chi connectivity index (χ2v) is 3.89. The lowest BCUT2D eigenvalue weighted by atomic mass is 10.0. The monoisotopic (exact) mass is 208 g/mol. The van der Waals surface area contributed by atoms with E-state index in [1.165, 1.54) is 16.8 Å². The van der Waals surface area contributed by atoms with Gasteiger partial charge in [0, 0.05) is 11.3 Å². The molecule has 3 rings (SSSR count). The molecule has 2 nitrogen and oxygen atoms in total.